The lowest BCUT2D eigenvalue weighted by atomic mass is 10.0. The van der Waals surface area contributed by atoms with Crippen LogP contribution in [0.25, 0.3) is 0 Å². The van der Waals surface area contributed by atoms with Gasteiger partial charge in [-0.2, -0.15) is 0 Å². The Morgan fingerprint density at radius 2 is 2.11 bits per heavy atom. The molecule has 1 N–H and O–H groups in total. The highest BCUT2D eigenvalue weighted by molar-refractivity contribution is 5.76. The van der Waals surface area contributed by atoms with Crippen LogP contribution >= 0.6 is 0 Å². The van der Waals surface area contributed by atoms with Crippen molar-refractivity contribution in [3.05, 3.63) is 0 Å². The molecule has 3 atom stereocenters. The third-order valence-electron chi connectivity index (χ3n) is 3.66. The molecule has 2 aliphatic heterocycles. The Hall–Kier alpha value is -1.30. The Labute approximate surface area is 107 Å². The standard InChI is InChI=1S/C12H21N3O3/c1-13-11(16)5-9-4-8-6-15(7-10(8)18-9)12(17)14(2)3/h8-10H,4-7H2,1-3H3,(H,13,16)/t8-,9-,10+/m0/s1. The van der Waals surface area contributed by atoms with Gasteiger partial charge in [0.05, 0.1) is 18.6 Å². The minimum atomic E-state index is 0.0107. The van der Waals surface area contributed by atoms with E-state index in [0.29, 0.717) is 18.9 Å². The highest BCUT2D eigenvalue weighted by Gasteiger charge is 2.44. The van der Waals surface area contributed by atoms with Gasteiger partial charge >= 0.3 is 6.03 Å². The average molecular weight is 255 g/mol. The number of urea groups is 1. The van der Waals surface area contributed by atoms with Gasteiger partial charge in [0.15, 0.2) is 0 Å². The van der Waals surface area contributed by atoms with Gasteiger partial charge < -0.3 is 19.9 Å². The van der Waals surface area contributed by atoms with E-state index in [-0.39, 0.29) is 24.1 Å². The minimum Gasteiger partial charge on any atom is -0.372 e. The molecule has 0 aromatic carbocycles. The molecule has 0 radical (unpaired) electrons. The molecular weight excluding hydrogens is 234 g/mol. The Morgan fingerprint density at radius 1 is 1.39 bits per heavy atom. The van der Waals surface area contributed by atoms with Crippen molar-refractivity contribution in [3.63, 3.8) is 0 Å². The second-order valence-corrected chi connectivity index (χ2v) is 5.25. The van der Waals surface area contributed by atoms with Crippen LogP contribution in [0.5, 0.6) is 0 Å². The number of hydrogen-bond acceptors (Lipinski definition) is 3. The zero-order chi connectivity index (χ0) is 13.3. The number of ether oxygens (including phenoxy) is 1. The average Bonchev–Trinajstić information content (AvgIpc) is 2.85. The number of hydrogen-bond donors (Lipinski definition) is 1. The fourth-order valence-electron chi connectivity index (χ4n) is 2.74. The number of amides is 3. The number of carbonyl (C=O) groups excluding carboxylic acids is 2. The van der Waals surface area contributed by atoms with E-state index in [9.17, 15) is 9.59 Å². The van der Waals surface area contributed by atoms with Crippen molar-refractivity contribution >= 4 is 11.9 Å². The molecule has 0 bridgehead atoms. The highest BCUT2D eigenvalue weighted by Crippen LogP contribution is 2.34. The molecule has 2 saturated heterocycles. The number of likely N-dealkylation sites (tertiary alicyclic amines) is 1. The van der Waals surface area contributed by atoms with Crippen LogP contribution in [-0.2, 0) is 9.53 Å². The Morgan fingerprint density at radius 3 is 2.67 bits per heavy atom. The van der Waals surface area contributed by atoms with Crippen molar-refractivity contribution in [2.75, 3.05) is 34.2 Å². The summed E-state index contributed by atoms with van der Waals surface area (Å²) in [5.74, 6) is 0.393. The summed E-state index contributed by atoms with van der Waals surface area (Å²) >= 11 is 0. The Kier molecular flexibility index (Phi) is 3.75. The Bertz CT molecular complexity index is 331. The first-order valence-corrected chi connectivity index (χ1v) is 6.33. The number of rotatable bonds is 2. The lowest BCUT2D eigenvalue weighted by molar-refractivity contribution is -0.123. The zero-order valence-corrected chi connectivity index (χ0v) is 11.2. The van der Waals surface area contributed by atoms with Gasteiger partial charge in [0.1, 0.15) is 0 Å². The minimum absolute atomic E-state index is 0.0107. The van der Waals surface area contributed by atoms with Crippen molar-refractivity contribution in [3.8, 4) is 0 Å². The monoisotopic (exact) mass is 255 g/mol. The smallest absolute Gasteiger partial charge is 0.319 e. The van der Waals surface area contributed by atoms with Gasteiger partial charge in [-0.15, -0.1) is 0 Å². The molecule has 6 heteroatoms. The van der Waals surface area contributed by atoms with Crippen molar-refractivity contribution in [2.45, 2.75) is 25.0 Å². The molecule has 18 heavy (non-hydrogen) atoms. The van der Waals surface area contributed by atoms with Crippen LogP contribution in [0, 0.1) is 5.92 Å². The fourth-order valence-corrected chi connectivity index (χ4v) is 2.74. The highest BCUT2D eigenvalue weighted by atomic mass is 16.5. The molecule has 2 aliphatic rings. The molecular formula is C12H21N3O3. The number of carbonyl (C=O) groups is 2. The molecule has 6 nitrogen and oxygen atoms in total. The summed E-state index contributed by atoms with van der Waals surface area (Å²) in [5.41, 5.74) is 0. The topological polar surface area (TPSA) is 61.9 Å². The summed E-state index contributed by atoms with van der Waals surface area (Å²) in [6.07, 6.45) is 1.40. The largest absolute Gasteiger partial charge is 0.372 e. The van der Waals surface area contributed by atoms with E-state index in [0.717, 1.165) is 13.0 Å². The van der Waals surface area contributed by atoms with Crippen molar-refractivity contribution < 1.29 is 14.3 Å². The quantitative estimate of drug-likeness (QED) is 0.749. The summed E-state index contributed by atoms with van der Waals surface area (Å²) in [6.45, 7) is 1.39. The van der Waals surface area contributed by atoms with Gasteiger partial charge in [0.25, 0.3) is 0 Å². The number of nitrogens with zero attached hydrogens (tertiary/aromatic N) is 2. The van der Waals surface area contributed by atoms with Crippen LogP contribution in [-0.4, -0.2) is 68.2 Å². The second kappa shape index (κ2) is 5.14. The third kappa shape index (κ3) is 2.58. The molecule has 0 unspecified atom stereocenters. The van der Waals surface area contributed by atoms with Crippen LogP contribution in [0.3, 0.4) is 0 Å². The van der Waals surface area contributed by atoms with E-state index in [1.165, 1.54) is 0 Å². The maximum absolute atomic E-state index is 11.8. The molecule has 0 aromatic heterocycles. The van der Waals surface area contributed by atoms with E-state index >= 15 is 0 Å². The van der Waals surface area contributed by atoms with Gasteiger partial charge in [-0.25, -0.2) is 4.79 Å². The van der Waals surface area contributed by atoms with Gasteiger partial charge in [-0.3, -0.25) is 4.79 Å². The van der Waals surface area contributed by atoms with Crippen LogP contribution in [0.4, 0.5) is 4.79 Å². The summed E-state index contributed by atoms with van der Waals surface area (Å²) in [4.78, 5) is 26.5. The van der Waals surface area contributed by atoms with Gasteiger partial charge in [0.2, 0.25) is 5.91 Å². The van der Waals surface area contributed by atoms with Gasteiger partial charge in [-0.1, -0.05) is 0 Å². The lowest BCUT2D eigenvalue weighted by Crippen LogP contribution is -2.39. The van der Waals surface area contributed by atoms with E-state index < -0.39 is 0 Å². The molecule has 3 amide bonds. The van der Waals surface area contributed by atoms with Gasteiger partial charge in [0, 0.05) is 40.2 Å². The normalized spacial score (nSPS) is 30.2. The maximum Gasteiger partial charge on any atom is 0.319 e. The predicted molar refractivity (Wildman–Crippen MR) is 66.1 cm³/mol. The molecule has 0 spiro atoms. The SMILES string of the molecule is CNC(=O)C[C@@H]1C[C@H]2CN(C(=O)N(C)C)C[C@H]2O1. The van der Waals surface area contributed by atoms with E-state index in [1.54, 1.807) is 26.0 Å². The lowest BCUT2D eigenvalue weighted by Gasteiger charge is -2.22. The van der Waals surface area contributed by atoms with E-state index in [4.69, 9.17) is 4.74 Å². The first-order valence-electron chi connectivity index (χ1n) is 6.33. The van der Waals surface area contributed by atoms with Crippen molar-refractivity contribution in [1.82, 2.24) is 15.1 Å². The second-order valence-electron chi connectivity index (χ2n) is 5.25. The van der Waals surface area contributed by atoms with Crippen LogP contribution in [0.1, 0.15) is 12.8 Å². The molecule has 0 aromatic rings. The number of fused-ring (bicyclic) bond motifs is 1. The van der Waals surface area contributed by atoms with E-state index in [2.05, 4.69) is 5.32 Å². The van der Waals surface area contributed by atoms with Crippen LogP contribution in [0.2, 0.25) is 0 Å². The number of nitrogens with one attached hydrogen (secondary N) is 1. The summed E-state index contributed by atoms with van der Waals surface area (Å²) in [6, 6.07) is 0.0378. The van der Waals surface area contributed by atoms with E-state index in [1.807, 2.05) is 4.90 Å². The summed E-state index contributed by atoms with van der Waals surface area (Å²) < 4.78 is 5.84. The molecule has 0 aliphatic carbocycles. The summed E-state index contributed by atoms with van der Waals surface area (Å²) in [7, 11) is 5.15. The third-order valence-corrected chi connectivity index (χ3v) is 3.66. The fraction of sp³-hybridized carbons (Fsp3) is 0.833. The molecule has 102 valence electrons. The predicted octanol–water partition coefficient (Wildman–Crippen LogP) is -0.107. The maximum atomic E-state index is 11.8. The molecule has 2 heterocycles. The Balaban J connectivity index is 1.84. The van der Waals surface area contributed by atoms with Crippen molar-refractivity contribution in [1.29, 1.82) is 0 Å². The molecule has 2 rings (SSSR count). The van der Waals surface area contributed by atoms with Crippen molar-refractivity contribution in [2.24, 2.45) is 5.92 Å². The molecule has 0 saturated carbocycles. The first-order chi connectivity index (χ1) is 8.51. The van der Waals surface area contributed by atoms with Crippen LogP contribution < -0.4 is 5.32 Å². The first kappa shape index (κ1) is 13.1. The van der Waals surface area contributed by atoms with Gasteiger partial charge in [-0.05, 0) is 6.42 Å². The molecule has 2 fully saturated rings. The summed E-state index contributed by atoms with van der Waals surface area (Å²) in [5, 5.41) is 2.61. The zero-order valence-electron chi connectivity index (χ0n) is 11.2. The van der Waals surface area contributed by atoms with Crippen LogP contribution in [0.15, 0.2) is 0 Å².